The Labute approximate surface area is 211 Å². The van der Waals surface area contributed by atoms with Crippen LogP contribution < -0.4 is 20.1 Å². The molecule has 2 aliphatic rings. The van der Waals surface area contributed by atoms with Crippen LogP contribution in [0.5, 0.6) is 11.5 Å². The van der Waals surface area contributed by atoms with Crippen LogP contribution in [0.15, 0.2) is 42.5 Å². The van der Waals surface area contributed by atoms with Gasteiger partial charge in [0.25, 0.3) is 11.8 Å². The summed E-state index contributed by atoms with van der Waals surface area (Å²) in [5.74, 6) is 0.469. The number of methoxy groups -OCH3 is 1. The van der Waals surface area contributed by atoms with Gasteiger partial charge in [0.2, 0.25) is 5.91 Å². The first-order chi connectivity index (χ1) is 17.4. The molecule has 2 heterocycles. The molecule has 192 valence electrons. The van der Waals surface area contributed by atoms with E-state index in [4.69, 9.17) is 14.2 Å². The first kappa shape index (κ1) is 25.5. The van der Waals surface area contributed by atoms with Crippen molar-refractivity contribution in [3.05, 3.63) is 53.6 Å². The SMILES string of the molecule is CCCNC(=O)C[C@@H]1CC[C@H]2[C@@H](COc3ccc(NC(=O)c4cccc(OC)c4)cc3C(=O)N2C)O1. The van der Waals surface area contributed by atoms with E-state index in [1.807, 2.05) is 6.92 Å². The van der Waals surface area contributed by atoms with Gasteiger partial charge in [0.05, 0.1) is 31.2 Å². The second-order valence-corrected chi connectivity index (χ2v) is 9.12. The van der Waals surface area contributed by atoms with Gasteiger partial charge in [0.15, 0.2) is 0 Å². The van der Waals surface area contributed by atoms with Gasteiger partial charge in [-0.3, -0.25) is 14.4 Å². The molecule has 0 unspecified atom stereocenters. The van der Waals surface area contributed by atoms with Crippen molar-refractivity contribution in [2.24, 2.45) is 0 Å². The number of rotatable bonds is 7. The van der Waals surface area contributed by atoms with Crippen LogP contribution >= 0.6 is 0 Å². The molecule has 0 saturated carbocycles. The van der Waals surface area contributed by atoms with Gasteiger partial charge in [-0.2, -0.15) is 0 Å². The minimum absolute atomic E-state index is 0.0228. The highest BCUT2D eigenvalue weighted by Gasteiger charge is 2.39. The number of hydrogen-bond donors (Lipinski definition) is 2. The molecule has 0 radical (unpaired) electrons. The van der Waals surface area contributed by atoms with Crippen molar-refractivity contribution in [2.45, 2.75) is 50.9 Å². The molecule has 0 aromatic heterocycles. The molecule has 4 rings (SSSR count). The predicted octanol–water partition coefficient (Wildman–Crippen LogP) is 3.24. The van der Waals surface area contributed by atoms with Crippen molar-refractivity contribution in [1.82, 2.24) is 10.2 Å². The standard InChI is InChI=1S/C27H33N3O6/c1-4-12-28-25(31)15-20-9-10-22-24(36-20)16-35-23-11-8-18(14-21(23)27(33)30(22)2)29-26(32)17-6-5-7-19(13-17)34-3/h5-8,11,13-14,20,22,24H,4,9-10,12,15-16H2,1-3H3,(H,28,31)(H,29,32)/t20-,22-,24+/m0/s1. The van der Waals surface area contributed by atoms with Gasteiger partial charge in [0, 0.05) is 24.8 Å². The summed E-state index contributed by atoms with van der Waals surface area (Å²) in [5, 5.41) is 5.73. The molecule has 2 aromatic carbocycles. The van der Waals surface area contributed by atoms with E-state index in [-0.39, 0.29) is 42.6 Å². The number of nitrogens with one attached hydrogen (secondary N) is 2. The van der Waals surface area contributed by atoms with E-state index in [0.29, 0.717) is 54.1 Å². The molecule has 3 amide bonds. The van der Waals surface area contributed by atoms with Crippen molar-refractivity contribution in [2.75, 3.05) is 32.6 Å². The number of ether oxygens (including phenoxy) is 3. The van der Waals surface area contributed by atoms with Crippen LogP contribution in [-0.4, -0.2) is 68.2 Å². The predicted molar refractivity (Wildman–Crippen MR) is 135 cm³/mol. The number of carbonyl (C=O) groups excluding carboxylic acids is 3. The van der Waals surface area contributed by atoms with Gasteiger partial charge in [0.1, 0.15) is 24.2 Å². The Balaban J connectivity index is 1.46. The van der Waals surface area contributed by atoms with Crippen molar-refractivity contribution in [3.8, 4) is 11.5 Å². The quantitative estimate of drug-likeness (QED) is 0.611. The molecule has 9 heteroatoms. The van der Waals surface area contributed by atoms with Crippen LogP contribution in [0.3, 0.4) is 0 Å². The molecule has 2 aliphatic heterocycles. The summed E-state index contributed by atoms with van der Waals surface area (Å²) in [5.41, 5.74) is 1.31. The third kappa shape index (κ3) is 5.79. The highest BCUT2D eigenvalue weighted by atomic mass is 16.5. The molecule has 3 atom stereocenters. The van der Waals surface area contributed by atoms with E-state index in [2.05, 4.69) is 10.6 Å². The van der Waals surface area contributed by atoms with E-state index in [9.17, 15) is 14.4 Å². The number of amides is 3. The van der Waals surface area contributed by atoms with Gasteiger partial charge in [-0.25, -0.2) is 0 Å². The Bertz CT molecular complexity index is 1120. The van der Waals surface area contributed by atoms with Gasteiger partial charge in [-0.05, 0) is 55.7 Å². The van der Waals surface area contributed by atoms with E-state index in [1.54, 1.807) is 61.5 Å². The van der Waals surface area contributed by atoms with Crippen molar-refractivity contribution < 1.29 is 28.6 Å². The number of nitrogens with zero attached hydrogens (tertiary/aromatic N) is 1. The Morgan fingerprint density at radius 2 is 2.00 bits per heavy atom. The van der Waals surface area contributed by atoms with Crippen LogP contribution in [0.2, 0.25) is 0 Å². The summed E-state index contributed by atoms with van der Waals surface area (Å²) in [6.45, 7) is 2.92. The number of likely N-dealkylation sites (N-methyl/N-ethyl adjacent to an activating group) is 1. The van der Waals surface area contributed by atoms with Crippen molar-refractivity contribution in [3.63, 3.8) is 0 Å². The zero-order valence-electron chi connectivity index (χ0n) is 20.9. The van der Waals surface area contributed by atoms with Gasteiger partial charge >= 0.3 is 0 Å². The Morgan fingerprint density at radius 3 is 2.78 bits per heavy atom. The smallest absolute Gasteiger partial charge is 0.257 e. The second kappa shape index (κ2) is 11.4. The van der Waals surface area contributed by atoms with E-state index in [1.165, 1.54) is 0 Å². The molecule has 0 aliphatic carbocycles. The first-order valence-corrected chi connectivity index (χ1v) is 12.3. The lowest BCUT2D eigenvalue weighted by atomic mass is 9.94. The molecule has 9 nitrogen and oxygen atoms in total. The van der Waals surface area contributed by atoms with E-state index >= 15 is 0 Å². The fourth-order valence-corrected chi connectivity index (χ4v) is 4.62. The normalized spacial score (nSPS) is 21.2. The Kier molecular flexibility index (Phi) is 8.10. The monoisotopic (exact) mass is 495 g/mol. The van der Waals surface area contributed by atoms with E-state index < -0.39 is 0 Å². The molecule has 1 fully saturated rings. The maximum atomic E-state index is 13.4. The lowest BCUT2D eigenvalue weighted by Crippen LogP contribution is -2.54. The molecule has 1 saturated heterocycles. The zero-order valence-corrected chi connectivity index (χ0v) is 20.9. The Hall–Kier alpha value is -3.59. The van der Waals surface area contributed by atoms with Crippen LogP contribution in [0.4, 0.5) is 5.69 Å². The number of anilines is 1. The first-order valence-electron chi connectivity index (χ1n) is 12.3. The summed E-state index contributed by atoms with van der Waals surface area (Å²) >= 11 is 0. The third-order valence-corrected chi connectivity index (χ3v) is 6.59. The zero-order chi connectivity index (χ0) is 25.7. The average Bonchev–Trinajstić information content (AvgIpc) is 2.89. The lowest BCUT2D eigenvalue weighted by molar-refractivity contribution is -0.134. The highest BCUT2D eigenvalue weighted by molar-refractivity contribution is 6.05. The minimum Gasteiger partial charge on any atom is -0.497 e. The van der Waals surface area contributed by atoms with Crippen LogP contribution in [-0.2, 0) is 9.53 Å². The fourth-order valence-electron chi connectivity index (χ4n) is 4.62. The lowest BCUT2D eigenvalue weighted by Gasteiger charge is -2.42. The number of hydrogen-bond acceptors (Lipinski definition) is 6. The summed E-state index contributed by atoms with van der Waals surface area (Å²) in [4.78, 5) is 40.0. The summed E-state index contributed by atoms with van der Waals surface area (Å²) in [6, 6.07) is 11.7. The molecule has 2 N–H and O–H groups in total. The molecular formula is C27H33N3O6. The van der Waals surface area contributed by atoms with Gasteiger partial charge < -0.3 is 29.7 Å². The molecule has 2 aromatic rings. The highest BCUT2D eigenvalue weighted by Crippen LogP contribution is 2.32. The average molecular weight is 496 g/mol. The summed E-state index contributed by atoms with van der Waals surface area (Å²) in [6.07, 6.45) is 2.04. The Morgan fingerprint density at radius 1 is 1.17 bits per heavy atom. The summed E-state index contributed by atoms with van der Waals surface area (Å²) < 4.78 is 17.4. The van der Waals surface area contributed by atoms with Crippen LogP contribution in [0.25, 0.3) is 0 Å². The van der Waals surface area contributed by atoms with Crippen LogP contribution in [0, 0.1) is 0 Å². The molecular weight excluding hydrogens is 462 g/mol. The van der Waals surface area contributed by atoms with Gasteiger partial charge in [-0.15, -0.1) is 0 Å². The fraction of sp³-hybridized carbons (Fsp3) is 0.444. The largest absolute Gasteiger partial charge is 0.497 e. The maximum Gasteiger partial charge on any atom is 0.257 e. The maximum absolute atomic E-state index is 13.4. The third-order valence-electron chi connectivity index (χ3n) is 6.59. The van der Waals surface area contributed by atoms with Gasteiger partial charge in [-0.1, -0.05) is 13.0 Å². The molecule has 0 spiro atoms. The molecule has 36 heavy (non-hydrogen) atoms. The summed E-state index contributed by atoms with van der Waals surface area (Å²) in [7, 11) is 3.30. The van der Waals surface area contributed by atoms with Crippen molar-refractivity contribution in [1.29, 1.82) is 0 Å². The second-order valence-electron chi connectivity index (χ2n) is 9.12. The molecule has 0 bridgehead atoms. The topological polar surface area (TPSA) is 106 Å². The number of benzene rings is 2. The minimum atomic E-state index is -0.336. The van der Waals surface area contributed by atoms with E-state index in [0.717, 1.165) is 6.42 Å². The number of carbonyl (C=O) groups is 3. The van der Waals surface area contributed by atoms with Crippen molar-refractivity contribution >= 4 is 23.4 Å². The number of fused-ring (bicyclic) bond motifs is 2. The van der Waals surface area contributed by atoms with Crippen LogP contribution in [0.1, 0.15) is 53.3 Å².